The van der Waals surface area contributed by atoms with Crippen molar-refractivity contribution in [2.75, 3.05) is 13.2 Å². The van der Waals surface area contributed by atoms with Crippen LogP contribution in [0.3, 0.4) is 0 Å². The predicted molar refractivity (Wildman–Crippen MR) is 71.2 cm³/mol. The van der Waals surface area contributed by atoms with E-state index in [1.165, 1.54) is 12.3 Å². The number of ether oxygens (including phenoxy) is 1. The second-order valence-electron chi connectivity index (χ2n) is 4.10. The minimum absolute atomic E-state index is 0.165. The SMILES string of the molecule is O=c1[nH]c2ncc(Br)cc2n(CCOCC(F)(F)F)c1=O. The molecule has 2 heterocycles. The van der Waals surface area contributed by atoms with Gasteiger partial charge < -0.3 is 9.72 Å². The molecule has 6 nitrogen and oxygen atoms in total. The van der Waals surface area contributed by atoms with Crippen molar-refractivity contribution in [1.82, 2.24) is 14.5 Å². The number of nitrogens with zero attached hydrogens (tertiary/aromatic N) is 2. The number of hydrogen-bond acceptors (Lipinski definition) is 4. The molecule has 1 N–H and O–H groups in total. The van der Waals surface area contributed by atoms with E-state index in [2.05, 4.69) is 30.6 Å². The normalized spacial score (nSPS) is 12.0. The van der Waals surface area contributed by atoms with Gasteiger partial charge in [0, 0.05) is 17.2 Å². The molecule has 114 valence electrons. The molecule has 0 radical (unpaired) electrons. The highest BCUT2D eigenvalue weighted by Crippen LogP contribution is 2.15. The molecule has 0 amide bonds. The lowest BCUT2D eigenvalue weighted by atomic mass is 10.4. The van der Waals surface area contributed by atoms with E-state index in [1.807, 2.05) is 0 Å². The fraction of sp³-hybridized carbons (Fsp3) is 0.364. The van der Waals surface area contributed by atoms with E-state index in [0.717, 1.165) is 4.57 Å². The lowest BCUT2D eigenvalue weighted by molar-refractivity contribution is -0.174. The molecule has 2 aromatic rings. The Labute approximate surface area is 123 Å². The van der Waals surface area contributed by atoms with Crippen molar-refractivity contribution in [1.29, 1.82) is 0 Å². The maximum absolute atomic E-state index is 12.0. The van der Waals surface area contributed by atoms with Crippen LogP contribution in [0, 0.1) is 0 Å². The zero-order chi connectivity index (χ0) is 15.6. The van der Waals surface area contributed by atoms with E-state index in [1.54, 1.807) is 0 Å². The summed E-state index contributed by atoms with van der Waals surface area (Å²) in [6.45, 7) is -1.96. The summed E-state index contributed by atoms with van der Waals surface area (Å²) in [7, 11) is 0. The van der Waals surface area contributed by atoms with Crippen molar-refractivity contribution in [3.05, 3.63) is 37.4 Å². The molecule has 0 saturated carbocycles. The number of hydrogen-bond donors (Lipinski definition) is 1. The molecule has 0 atom stereocenters. The average molecular weight is 368 g/mol. The zero-order valence-electron chi connectivity index (χ0n) is 10.4. The minimum Gasteiger partial charge on any atom is -0.370 e. The van der Waals surface area contributed by atoms with Gasteiger partial charge in [-0.2, -0.15) is 13.2 Å². The number of halogens is 4. The van der Waals surface area contributed by atoms with Gasteiger partial charge in [0.15, 0.2) is 5.65 Å². The average Bonchev–Trinajstić information content (AvgIpc) is 2.38. The lowest BCUT2D eigenvalue weighted by Gasteiger charge is -2.11. The molecule has 0 spiro atoms. The van der Waals surface area contributed by atoms with Crippen molar-refractivity contribution in [3.8, 4) is 0 Å². The number of aromatic nitrogens is 3. The van der Waals surface area contributed by atoms with Crippen LogP contribution in [0.2, 0.25) is 0 Å². The molecule has 10 heteroatoms. The van der Waals surface area contributed by atoms with Gasteiger partial charge in [-0.1, -0.05) is 0 Å². The number of H-pyrrole nitrogens is 1. The van der Waals surface area contributed by atoms with Crippen molar-refractivity contribution in [2.24, 2.45) is 0 Å². The highest BCUT2D eigenvalue weighted by Gasteiger charge is 2.27. The lowest BCUT2D eigenvalue weighted by Crippen LogP contribution is -2.37. The number of aromatic amines is 1. The Bertz CT molecular complexity index is 769. The van der Waals surface area contributed by atoms with Crippen LogP contribution in [0.25, 0.3) is 11.2 Å². The molecule has 21 heavy (non-hydrogen) atoms. The number of pyridine rings is 1. The highest BCUT2D eigenvalue weighted by atomic mass is 79.9. The molecular formula is C11H9BrF3N3O3. The molecule has 0 aliphatic rings. The van der Waals surface area contributed by atoms with Crippen LogP contribution in [0.4, 0.5) is 13.2 Å². The van der Waals surface area contributed by atoms with Crippen molar-refractivity contribution in [2.45, 2.75) is 12.7 Å². The van der Waals surface area contributed by atoms with Crippen LogP contribution in [0.5, 0.6) is 0 Å². The summed E-state index contributed by atoms with van der Waals surface area (Å²) in [5.74, 6) is 0. The van der Waals surface area contributed by atoms with Crippen molar-refractivity contribution < 1.29 is 17.9 Å². The van der Waals surface area contributed by atoms with Crippen LogP contribution < -0.4 is 11.1 Å². The quantitative estimate of drug-likeness (QED) is 0.654. The van der Waals surface area contributed by atoms with Gasteiger partial charge in [0.1, 0.15) is 6.61 Å². The number of nitrogens with one attached hydrogen (secondary N) is 1. The molecule has 2 aromatic heterocycles. The Morgan fingerprint density at radius 2 is 2.10 bits per heavy atom. The van der Waals surface area contributed by atoms with E-state index in [9.17, 15) is 22.8 Å². The Morgan fingerprint density at radius 1 is 1.38 bits per heavy atom. The molecule has 0 fully saturated rings. The maximum Gasteiger partial charge on any atom is 0.411 e. The fourth-order valence-electron chi connectivity index (χ4n) is 1.69. The van der Waals surface area contributed by atoms with Gasteiger partial charge in [0.05, 0.1) is 12.1 Å². The van der Waals surface area contributed by atoms with Crippen molar-refractivity contribution in [3.63, 3.8) is 0 Å². The first-order chi connectivity index (χ1) is 9.78. The summed E-state index contributed by atoms with van der Waals surface area (Å²) < 4.78 is 41.9. The Morgan fingerprint density at radius 3 is 2.76 bits per heavy atom. The number of rotatable bonds is 4. The molecule has 0 aliphatic heterocycles. The summed E-state index contributed by atoms with van der Waals surface area (Å²) in [4.78, 5) is 29.5. The van der Waals surface area contributed by atoms with E-state index in [-0.39, 0.29) is 18.8 Å². The first-order valence-corrected chi connectivity index (χ1v) is 6.50. The maximum atomic E-state index is 12.0. The van der Waals surface area contributed by atoms with Crippen LogP contribution >= 0.6 is 15.9 Å². The summed E-state index contributed by atoms with van der Waals surface area (Å²) in [5, 5.41) is 0. The second-order valence-corrected chi connectivity index (χ2v) is 5.02. The topological polar surface area (TPSA) is 77.0 Å². The van der Waals surface area contributed by atoms with Crippen LogP contribution in [0.15, 0.2) is 26.3 Å². The van der Waals surface area contributed by atoms with Gasteiger partial charge in [-0.15, -0.1) is 0 Å². The molecule has 0 aliphatic carbocycles. The Kier molecular flexibility index (Phi) is 4.47. The molecule has 2 rings (SSSR count). The van der Waals surface area contributed by atoms with Crippen molar-refractivity contribution >= 4 is 27.1 Å². The summed E-state index contributed by atoms with van der Waals surface area (Å²) >= 11 is 3.17. The van der Waals surface area contributed by atoms with Crippen LogP contribution in [0.1, 0.15) is 0 Å². The molecular weight excluding hydrogens is 359 g/mol. The fourth-order valence-corrected chi connectivity index (χ4v) is 2.01. The highest BCUT2D eigenvalue weighted by molar-refractivity contribution is 9.10. The Hall–Kier alpha value is -1.68. The Balaban J connectivity index is 2.29. The van der Waals surface area contributed by atoms with E-state index >= 15 is 0 Å². The third kappa shape index (κ3) is 3.91. The largest absolute Gasteiger partial charge is 0.411 e. The standard InChI is InChI=1S/C11H9BrF3N3O3/c12-6-3-7-8(16-4-6)17-9(19)10(20)18(7)1-2-21-5-11(13,14)15/h3-4H,1-2,5H2,(H,16,17,19). The first kappa shape index (κ1) is 15.7. The third-order valence-corrected chi connectivity index (χ3v) is 2.95. The van der Waals surface area contributed by atoms with E-state index in [4.69, 9.17) is 0 Å². The van der Waals surface area contributed by atoms with Crippen LogP contribution in [-0.2, 0) is 11.3 Å². The second kappa shape index (κ2) is 5.98. The first-order valence-electron chi connectivity index (χ1n) is 5.71. The smallest absolute Gasteiger partial charge is 0.370 e. The monoisotopic (exact) mass is 367 g/mol. The summed E-state index contributed by atoms with van der Waals surface area (Å²) in [6, 6.07) is 1.53. The van der Waals surface area contributed by atoms with Gasteiger partial charge in [-0.3, -0.25) is 14.2 Å². The van der Waals surface area contributed by atoms with Gasteiger partial charge in [0.25, 0.3) is 0 Å². The van der Waals surface area contributed by atoms with E-state index in [0.29, 0.717) is 9.99 Å². The van der Waals surface area contributed by atoms with Gasteiger partial charge in [-0.05, 0) is 22.0 Å². The van der Waals surface area contributed by atoms with Gasteiger partial charge in [0.2, 0.25) is 0 Å². The van der Waals surface area contributed by atoms with Gasteiger partial charge in [-0.25, -0.2) is 4.98 Å². The van der Waals surface area contributed by atoms with Gasteiger partial charge >= 0.3 is 17.3 Å². The molecule has 0 saturated heterocycles. The zero-order valence-corrected chi connectivity index (χ0v) is 12.0. The molecule has 0 unspecified atom stereocenters. The molecule has 0 aromatic carbocycles. The number of alkyl halides is 3. The van der Waals surface area contributed by atoms with E-state index < -0.39 is 23.9 Å². The third-order valence-electron chi connectivity index (χ3n) is 2.52. The number of fused-ring (bicyclic) bond motifs is 1. The molecule has 0 bridgehead atoms. The minimum atomic E-state index is -4.44. The van der Waals surface area contributed by atoms with Crippen LogP contribution in [-0.4, -0.2) is 33.9 Å². The predicted octanol–water partition coefficient (Wildman–Crippen LogP) is 1.43. The summed E-state index contributed by atoms with van der Waals surface area (Å²) in [6.07, 6.45) is -3.01. The summed E-state index contributed by atoms with van der Waals surface area (Å²) in [5.41, 5.74) is -1.31.